The van der Waals surface area contributed by atoms with Crippen molar-refractivity contribution in [1.29, 1.82) is 0 Å². The van der Waals surface area contributed by atoms with Crippen LogP contribution in [0.1, 0.15) is 55.9 Å². The highest BCUT2D eigenvalue weighted by atomic mass is 28.4. The summed E-state index contributed by atoms with van der Waals surface area (Å²) in [5.41, 5.74) is 4.35. The second-order valence-corrected chi connectivity index (χ2v) is 19.5. The van der Waals surface area contributed by atoms with Gasteiger partial charge in [-0.05, 0) is 60.2 Å². The number of piperidine rings is 1. The van der Waals surface area contributed by atoms with Crippen LogP contribution >= 0.6 is 0 Å². The van der Waals surface area contributed by atoms with E-state index < -0.39 is 25.9 Å². The fraction of sp³-hybridized carbons (Fsp3) is 0.462. The Labute approximate surface area is 285 Å². The monoisotopic (exact) mass is 671 g/mol. The first-order chi connectivity index (χ1) is 22.9. The molecule has 1 heterocycles. The summed E-state index contributed by atoms with van der Waals surface area (Å²) < 4.78 is 31.7. The van der Waals surface area contributed by atoms with Crippen LogP contribution in [-0.2, 0) is 38.9 Å². The van der Waals surface area contributed by atoms with Gasteiger partial charge >= 0.3 is 6.09 Å². The molecule has 0 unspecified atom stereocenters. The molecule has 6 rings (SSSR count). The Morgan fingerprint density at radius 3 is 2.19 bits per heavy atom. The Balaban J connectivity index is 1.47. The fourth-order valence-electron chi connectivity index (χ4n) is 7.50. The standard InChI is InChI=1S/C39H49NO7Si/c1-38(2,3)48(6,7)47-31-23-39-20-21-40(37(42)46-25-27-16-12-9-13-17-27)29(33(39)36(44-5)34(31)41)22-28-18-19-30(43-4)35(32(28)39)45-24-26-14-10-8-11-15-26/h8-19,29,31,34,41H,20-25H2,1-7H3/t29-,31+,34-,39+/m1/s1. The number of fused-ring (bicyclic) bond motifs is 1. The van der Waals surface area contributed by atoms with Crippen LogP contribution in [0.25, 0.3) is 0 Å². The fourth-order valence-corrected chi connectivity index (χ4v) is 8.82. The predicted molar refractivity (Wildman–Crippen MR) is 188 cm³/mol. The van der Waals surface area contributed by atoms with E-state index in [1.165, 1.54) is 0 Å². The van der Waals surface area contributed by atoms with Gasteiger partial charge in [-0.3, -0.25) is 0 Å². The normalized spacial score (nSPS) is 23.6. The van der Waals surface area contributed by atoms with Gasteiger partial charge in [-0.15, -0.1) is 0 Å². The van der Waals surface area contributed by atoms with E-state index in [0.29, 0.717) is 49.7 Å². The number of ether oxygens (including phenoxy) is 4. The summed E-state index contributed by atoms with van der Waals surface area (Å²) in [5.74, 6) is 1.80. The van der Waals surface area contributed by atoms with Gasteiger partial charge in [0.1, 0.15) is 25.1 Å². The summed E-state index contributed by atoms with van der Waals surface area (Å²) in [4.78, 5) is 15.6. The molecule has 2 aliphatic carbocycles. The lowest BCUT2D eigenvalue weighted by molar-refractivity contribution is -0.0291. The van der Waals surface area contributed by atoms with Crippen molar-refractivity contribution in [2.45, 2.75) is 95.0 Å². The molecule has 0 radical (unpaired) electrons. The first kappa shape index (κ1) is 34.1. The van der Waals surface area contributed by atoms with E-state index in [4.69, 9.17) is 23.4 Å². The van der Waals surface area contributed by atoms with E-state index >= 15 is 0 Å². The van der Waals surface area contributed by atoms with E-state index in [2.05, 4.69) is 39.9 Å². The molecule has 3 aromatic carbocycles. The number of hydrogen-bond donors (Lipinski definition) is 1. The molecule has 2 bridgehead atoms. The Bertz CT molecular complexity index is 1650. The lowest BCUT2D eigenvalue weighted by atomic mass is 9.55. The van der Waals surface area contributed by atoms with Crippen LogP contribution < -0.4 is 9.47 Å². The second-order valence-electron chi connectivity index (χ2n) is 14.7. The van der Waals surface area contributed by atoms with Gasteiger partial charge in [0.05, 0.1) is 26.4 Å². The highest BCUT2D eigenvalue weighted by molar-refractivity contribution is 6.74. The van der Waals surface area contributed by atoms with Gasteiger partial charge in [-0.2, -0.15) is 0 Å². The van der Waals surface area contributed by atoms with Crippen molar-refractivity contribution in [3.8, 4) is 11.5 Å². The zero-order valence-corrected chi connectivity index (χ0v) is 30.2. The summed E-state index contributed by atoms with van der Waals surface area (Å²) in [6, 6.07) is 23.5. The molecule has 0 spiro atoms. The summed E-state index contributed by atoms with van der Waals surface area (Å²) in [7, 11) is 0.958. The van der Waals surface area contributed by atoms with Gasteiger partial charge in [-0.1, -0.05) is 87.5 Å². The minimum absolute atomic E-state index is 0.0618. The number of methoxy groups -OCH3 is 2. The summed E-state index contributed by atoms with van der Waals surface area (Å²) in [6.45, 7) is 12.1. The molecule has 1 saturated heterocycles. The van der Waals surface area contributed by atoms with E-state index in [0.717, 1.165) is 27.8 Å². The first-order valence-corrected chi connectivity index (χ1v) is 19.8. The van der Waals surface area contributed by atoms with Gasteiger partial charge in [0.25, 0.3) is 0 Å². The summed E-state index contributed by atoms with van der Waals surface area (Å²) in [5, 5.41) is 12.0. The number of nitrogens with zero attached hydrogens (tertiary/aromatic N) is 1. The lowest BCUT2D eigenvalue weighted by Crippen LogP contribution is -2.62. The Hall–Kier alpha value is -3.79. The highest BCUT2D eigenvalue weighted by Gasteiger charge is 2.60. The number of carbonyl (C=O) groups excluding carboxylic acids is 1. The molecular formula is C39H49NO7Si. The van der Waals surface area contributed by atoms with Crippen molar-refractivity contribution in [3.63, 3.8) is 0 Å². The van der Waals surface area contributed by atoms with Crippen molar-refractivity contribution >= 4 is 14.4 Å². The average molecular weight is 672 g/mol. The molecule has 4 atom stereocenters. The quantitative estimate of drug-likeness (QED) is 0.235. The van der Waals surface area contributed by atoms with Crippen LogP contribution in [-0.4, -0.2) is 63.4 Å². The maximum absolute atomic E-state index is 13.8. The minimum Gasteiger partial charge on any atom is -0.498 e. The first-order valence-electron chi connectivity index (χ1n) is 16.9. The third-order valence-electron chi connectivity index (χ3n) is 10.9. The number of aliphatic hydroxyl groups is 1. The van der Waals surface area contributed by atoms with Gasteiger partial charge in [0, 0.05) is 23.1 Å². The maximum Gasteiger partial charge on any atom is 0.410 e. The molecule has 0 saturated carbocycles. The van der Waals surface area contributed by atoms with Crippen molar-refractivity contribution in [2.75, 3.05) is 20.8 Å². The summed E-state index contributed by atoms with van der Waals surface area (Å²) in [6.07, 6.45) is -0.262. The smallest absolute Gasteiger partial charge is 0.410 e. The van der Waals surface area contributed by atoms with E-state index in [9.17, 15) is 9.90 Å². The number of likely N-dealkylation sites (tertiary alicyclic amines) is 1. The molecule has 1 aliphatic heterocycles. The lowest BCUT2D eigenvalue weighted by Gasteiger charge is -2.57. The molecule has 3 aliphatic rings. The van der Waals surface area contributed by atoms with Crippen LogP contribution in [0.4, 0.5) is 4.79 Å². The number of aliphatic hydroxyl groups excluding tert-OH is 1. The molecule has 0 aromatic heterocycles. The van der Waals surface area contributed by atoms with Crippen LogP contribution in [0.2, 0.25) is 18.1 Å². The Morgan fingerprint density at radius 2 is 1.58 bits per heavy atom. The number of rotatable bonds is 9. The zero-order valence-electron chi connectivity index (χ0n) is 29.2. The number of amides is 1. The van der Waals surface area contributed by atoms with Crippen molar-refractivity contribution < 1.29 is 33.3 Å². The van der Waals surface area contributed by atoms with Gasteiger partial charge < -0.3 is 33.4 Å². The van der Waals surface area contributed by atoms with Crippen molar-refractivity contribution in [2.24, 2.45) is 0 Å². The number of benzene rings is 3. The molecule has 256 valence electrons. The second kappa shape index (κ2) is 13.3. The molecule has 9 heteroatoms. The topological polar surface area (TPSA) is 86.7 Å². The predicted octanol–water partition coefficient (Wildman–Crippen LogP) is 7.53. The van der Waals surface area contributed by atoms with Crippen LogP contribution in [0, 0.1) is 0 Å². The van der Waals surface area contributed by atoms with E-state index in [1.54, 1.807) is 14.2 Å². The van der Waals surface area contributed by atoms with Crippen LogP contribution in [0.15, 0.2) is 84.1 Å². The minimum atomic E-state index is -2.31. The molecule has 48 heavy (non-hydrogen) atoms. The van der Waals surface area contributed by atoms with Crippen LogP contribution in [0.3, 0.4) is 0 Å². The molecular weight excluding hydrogens is 623 g/mol. The molecule has 8 nitrogen and oxygen atoms in total. The number of carbonyl (C=O) groups is 1. The van der Waals surface area contributed by atoms with Gasteiger partial charge in [0.15, 0.2) is 19.8 Å². The Morgan fingerprint density at radius 1 is 0.938 bits per heavy atom. The largest absolute Gasteiger partial charge is 0.498 e. The van der Waals surface area contributed by atoms with Crippen molar-refractivity contribution in [3.05, 3.63) is 106 Å². The van der Waals surface area contributed by atoms with E-state index in [-0.39, 0.29) is 23.8 Å². The molecule has 1 amide bonds. The van der Waals surface area contributed by atoms with Gasteiger partial charge in [0.2, 0.25) is 0 Å². The van der Waals surface area contributed by atoms with Gasteiger partial charge in [-0.25, -0.2) is 4.79 Å². The third-order valence-corrected chi connectivity index (χ3v) is 15.4. The number of hydrogen-bond acceptors (Lipinski definition) is 7. The third kappa shape index (κ3) is 6.12. The van der Waals surface area contributed by atoms with Crippen LogP contribution in [0.5, 0.6) is 11.5 Å². The zero-order chi connectivity index (χ0) is 34.3. The maximum atomic E-state index is 13.8. The molecule has 1 fully saturated rings. The summed E-state index contributed by atoms with van der Waals surface area (Å²) >= 11 is 0. The Kier molecular flexibility index (Phi) is 9.41. The molecule has 3 aromatic rings. The van der Waals surface area contributed by atoms with E-state index in [1.807, 2.05) is 71.6 Å². The van der Waals surface area contributed by atoms with Crippen molar-refractivity contribution in [1.82, 2.24) is 4.90 Å². The SMILES string of the molecule is COC1=C2[C@H]3Cc4ccc(OC)c(OCc5ccccc5)c4[C@]2(CCN3C(=O)OCc2ccccc2)C[C@H](O[Si](C)(C)C(C)(C)C)[C@H]1O. The highest BCUT2D eigenvalue weighted by Crippen LogP contribution is 2.60. The molecule has 1 N–H and O–H groups in total. The average Bonchev–Trinajstić information content (AvgIpc) is 3.06.